The van der Waals surface area contributed by atoms with Gasteiger partial charge in [0.05, 0.1) is 17.7 Å². The van der Waals surface area contributed by atoms with Gasteiger partial charge in [-0.2, -0.15) is 0 Å². The summed E-state index contributed by atoms with van der Waals surface area (Å²) in [6, 6.07) is 3.76. The molecule has 2 fully saturated rings. The van der Waals surface area contributed by atoms with Crippen LogP contribution < -0.4 is 10.2 Å². The summed E-state index contributed by atoms with van der Waals surface area (Å²) in [5.74, 6) is 1.97. The van der Waals surface area contributed by atoms with Crippen molar-refractivity contribution in [3.8, 4) is 0 Å². The number of rotatable bonds is 5. The van der Waals surface area contributed by atoms with Crippen LogP contribution in [0.2, 0.25) is 0 Å². The maximum absolute atomic E-state index is 12.4. The van der Waals surface area contributed by atoms with E-state index in [1.165, 1.54) is 12.8 Å². The van der Waals surface area contributed by atoms with Gasteiger partial charge in [-0.1, -0.05) is 6.92 Å². The number of carbonyl (C=O) groups excluding carboxylic acids is 1. The van der Waals surface area contributed by atoms with Gasteiger partial charge in [-0.3, -0.25) is 4.79 Å². The second kappa shape index (κ2) is 6.48. The highest BCUT2D eigenvalue weighted by atomic mass is 16.3. The Balaban J connectivity index is 1.63. The van der Waals surface area contributed by atoms with Crippen molar-refractivity contribution in [2.24, 2.45) is 11.8 Å². The normalized spacial score (nSPS) is 21.8. The molecular weight excluding hydrogens is 290 g/mol. The van der Waals surface area contributed by atoms with Crippen LogP contribution in [0.3, 0.4) is 0 Å². The molecule has 5 nitrogen and oxygen atoms in total. The Bertz CT molecular complexity index is 548. The smallest absolute Gasteiger partial charge is 0.253 e. The molecule has 1 aromatic rings. The van der Waals surface area contributed by atoms with Crippen molar-refractivity contribution >= 4 is 11.7 Å². The molecule has 2 heterocycles. The Morgan fingerprint density at radius 3 is 2.57 bits per heavy atom. The van der Waals surface area contributed by atoms with Gasteiger partial charge in [-0.05, 0) is 56.6 Å². The summed E-state index contributed by atoms with van der Waals surface area (Å²) < 4.78 is 0. The summed E-state index contributed by atoms with van der Waals surface area (Å²) >= 11 is 0. The Morgan fingerprint density at radius 1 is 1.35 bits per heavy atom. The number of aliphatic hydroxyl groups excluding tert-OH is 1. The molecular formula is C18H27N3O2. The number of nitrogens with one attached hydrogen (secondary N) is 1. The van der Waals surface area contributed by atoms with Gasteiger partial charge in [-0.25, -0.2) is 4.98 Å². The molecule has 3 rings (SSSR count). The van der Waals surface area contributed by atoms with Crippen molar-refractivity contribution in [2.45, 2.75) is 45.1 Å². The van der Waals surface area contributed by atoms with Gasteiger partial charge in [0.2, 0.25) is 0 Å². The molecule has 1 saturated carbocycles. The molecule has 0 radical (unpaired) electrons. The van der Waals surface area contributed by atoms with Gasteiger partial charge >= 0.3 is 0 Å². The molecule has 1 amide bonds. The lowest BCUT2D eigenvalue weighted by Crippen LogP contribution is -2.50. The number of carbonyl (C=O) groups is 1. The molecule has 23 heavy (non-hydrogen) atoms. The summed E-state index contributed by atoms with van der Waals surface area (Å²) in [5.41, 5.74) is 0.0399. The van der Waals surface area contributed by atoms with Crippen LogP contribution in [0.4, 0.5) is 5.82 Å². The van der Waals surface area contributed by atoms with Crippen molar-refractivity contribution in [2.75, 3.05) is 24.6 Å². The second-order valence-corrected chi connectivity index (χ2v) is 7.38. The molecule has 1 aliphatic carbocycles. The average Bonchev–Trinajstić information content (AvgIpc) is 3.41. The standard InChI is InChI=1S/C18H27N3O2/c1-13-7-9-21(10-8-13)16-6-3-14(11-19-16)17(23)20-18(2,12-22)15-4-5-15/h3,6,11,13,15,22H,4-5,7-10,12H2,1-2H3,(H,20,23)/t18-/m0/s1. The van der Waals surface area contributed by atoms with E-state index in [0.29, 0.717) is 11.5 Å². The largest absolute Gasteiger partial charge is 0.394 e. The summed E-state index contributed by atoms with van der Waals surface area (Å²) in [6.45, 7) is 6.24. The van der Waals surface area contributed by atoms with Crippen LogP contribution in [0.1, 0.15) is 49.9 Å². The monoisotopic (exact) mass is 317 g/mol. The van der Waals surface area contributed by atoms with Gasteiger partial charge in [-0.15, -0.1) is 0 Å². The number of nitrogens with zero attached hydrogens (tertiary/aromatic N) is 2. The van der Waals surface area contributed by atoms with Crippen molar-refractivity contribution in [1.29, 1.82) is 0 Å². The first kappa shape index (κ1) is 16.2. The Labute approximate surface area is 138 Å². The van der Waals surface area contributed by atoms with E-state index in [0.717, 1.165) is 37.7 Å². The molecule has 1 saturated heterocycles. The van der Waals surface area contributed by atoms with Crippen LogP contribution in [0.5, 0.6) is 0 Å². The number of aliphatic hydroxyl groups is 1. The third-order valence-electron chi connectivity index (χ3n) is 5.32. The van der Waals surface area contributed by atoms with Crippen molar-refractivity contribution in [3.05, 3.63) is 23.9 Å². The first-order valence-corrected chi connectivity index (χ1v) is 8.66. The van der Waals surface area contributed by atoms with Crippen molar-refractivity contribution < 1.29 is 9.90 Å². The first-order valence-electron chi connectivity index (χ1n) is 8.66. The number of hydrogen-bond acceptors (Lipinski definition) is 4. The summed E-state index contributed by atoms with van der Waals surface area (Å²) in [7, 11) is 0. The van der Waals surface area contributed by atoms with E-state index in [2.05, 4.69) is 22.1 Å². The predicted molar refractivity (Wildman–Crippen MR) is 90.5 cm³/mol. The molecule has 2 N–H and O–H groups in total. The zero-order chi connectivity index (χ0) is 16.4. The number of amides is 1. The van der Waals surface area contributed by atoms with E-state index in [4.69, 9.17) is 0 Å². The van der Waals surface area contributed by atoms with E-state index in [1.807, 2.05) is 19.1 Å². The fraction of sp³-hybridized carbons (Fsp3) is 0.667. The number of pyridine rings is 1. The third kappa shape index (κ3) is 3.66. The Morgan fingerprint density at radius 2 is 2.04 bits per heavy atom. The maximum Gasteiger partial charge on any atom is 0.253 e. The van der Waals surface area contributed by atoms with E-state index in [-0.39, 0.29) is 12.5 Å². The molecule has 1 atom stereocenters. The van der Waals surface area contributed by atoms with Gasteiger partial charge < -0.3 is 15.3 Å². The number of hydrogen-bond donors (Lipinski definition) is 2. The molecule has 0 aromatic carbocycles. The minimum absolute atomic E-state index is 0.0269. The lowest BCUT2D eigenvalue weighted by Gasteiger charge is -2.31. The van der Waals surface area contributed by atoms with Crippen LogP contribution in [0.15, 0.2) is 18.3 Å². The fourth-order valence-corrected chi connectivity index (χ4v) is 3.27. The van der Waals surface area contributed by atoms with Crippen LogP contribution >= 0.6 is 0 Å². The van der Waals surface area contributed by atoms with Crippen LogP contribution in [-0.2, 0) is 0 Å². The maximum atomic E-state index is 12.4. The summed E-state index contributed by atoms with van der Waals surface area (Å²) in [4.78, 5) is 19.2. The Kier molecular flexibility index (Phi) is 4.57. The second-order valence-electron chi connectivity index (χ2n) is 7.38. The minimum Gasteiger partial charge on any atom is -0.394 e. The number of anilines is 1. The number of aromatic nitrogens is 1. The quantitative estimate of drug-likeness (QED) is 0.874. The molecule has 0 unspecified atom stereocenters. The van der Waals surface area contributed by atoms with E-state index < -0.39 is 5.54 Å². The topological polar surface area (TPSA) is 65.5 Å². The average molecular weight is 317 g/mol. The van der Waals surface area contributed by atoms with Gasteiger partial charge in [0, 0.05) is 19.3 Å². The number of piperidine rings is 1. The lowest BCUT2D eigenvalue weighted by molar-refractivity contribution is 0.0824. The minimum atomic E-state index is -0.515. The highest BCUT2D eigenvalue weighted by Gasteiger charge is 2.42. The van der Waals surface area contributed by atoms with E-state index in [9.17, 15) is 9.90 Å². The van der Waals surface area contributed by atoms with E-state index in [1.54, 1.807) is 6.20 Å². The molecule has 0 bridgehead atoms. The molecule has 1 aliphatic heterocycles. The third-order valence-corrected chi connectivity index (χ3v) is 5.32. The molecule has 5 heteroatoms. The zero-order valence-electron chi connectivity index (χ0n) is 14.1. The van der Waals surface area contributed by atoms with Gasteiger partial charge in [0.15, 0.2) is 0 Å². The summed E-state index contributed by atoms with van der Waals surface area (Å²) in [6.07, 6.45) is 6.18. The zero-order valence-corrected chi connectivity index (χ0v) is 14.1. The highest BCUT2D eigenvalue weighted by Crippen LogP contribution is 2.39. The van der Waals surface area contributed by atoms with Gasteiger partial charge in [0.25, 0.3) is 5.91 Å². The molecule has 1 aromatic heterocycles. The van der Waals surface area contributed by atoms with Crippen LogP contribution in [-0.4, -0.2) is 41.2 Å². The fourth-order valence-electron chi connectivity index (χ4n) is 3.27. The molecule has 2 aliphatic rings. The molecule has 0 spiro atoms. The van der Waals surface area contributed by atoms with Crippen molar-refractivity contribution in [3.63, 3.8) is 0 Å². The Hall–Kier alpha value is -1.62. The van der Waals surface area contributed by atoms with Crippen LogP contribution in [0.25, 0.3) is 0 Å². The predicted octanol–water partition coefficient (Wildman–Crippen LogP) is 2.21. The van der Waals surface area contributed by atoms with Crippen LogP contribution in [0, 0.1) is 11.8 Å². The lowest BCUT2D eigenvalue weighted by atomic mass is 9.96. The van der Waals surface area contributed by atoms with Crippen molar-refractivity contribution in [1.82, 2.24) is 10.3 Å². The summed E-state index contributed by atoms with van der Waals surface area (Å²) in [5, 5.41) is 12.6. The van der Waals surface area contributed by atoms with Gasteiger partial charge in [0.1, 0.15) is 5.82 Å². The van der Waals surface area contributed by atoms with E-state index >= 15 is 0 Å². The first-order chi connectivity index (χ1) is 11.0. The SMILES string of the molecule is CC1CCN(c2ccc(C(=O)N[C@@](C)(CO)C3CC3)cn2)CC1. The molecule has 126 valence electrons. The highest BCUT2D eigenvalue weighted by molar-refractivity contribution is 5.94.